The quantitative estimate of drug-likeness (QED) is 0.482. The van der Waals surface area contributed by atoms with E-state index in [1.54, 1.807) is 0 Å². The first kappa shape index (κ1) is 16.6. The normalized spacial score (nSPS) is 25.0. The number of hydrogen-bond acceptors (Lipinski definition) is 1. The Labute approximate surface area is 145 Å². The fourth-order valence-corrected chi connectivity index (χ4v) is 3.31. The second kappa shape index (κ2) is 6.55. The van der Waals surface area contributed by atoms with Gasteiger partial charge in [-0.3, -0.25) is 4.99 Å². The number of aryl methyl sites for hydroxylation is 1. The summed E-state index contributed by atoms with van der Waals surface area (Å²) in [5.41, 5.74) is 9.23. The van der Waals surface area contributed by atoms with Crippen LogP contribution in [0.2, 0.25) is 0 Å². The number of halogens is 1. The van der Waals surface area contributed by atoms with Crippen LogP contribution in [0.5, 0.6) is 0 Å². The molecule has 2 aliphatic carbocycles. The van der Waals surface area contributed by atoms with Crippen LogP contribution in [0.1, 0.15) is 43.7 Å². The fourth-order valence-electron chi connectivity index (χ4n) is 3.31. The molecule has 0 radical (unpaired) electrons. The van der Waals surface area contributed by atoms with Crippen molar-refractivity contribution in [3.8, 4) is 0 Å². The van der Waals surface area contributed by atoms with Gasteiger partial charge in [-0.1, -0.05) is 31.2 Å². The summed E-state index contributed by atoms with van der Waals surface area (Å²) in [5, 5.41) is 0. The van der Waals surface area contributed by atoms with Crippen LogP contribution in [0.25, 0.3) is 0 Å². The Morgan fingerprint density at radius 2 is 2.10 bits per heavy atom. The van der Waals surface area contributed by atoms with E-state index in [-0.39, 0.29) is 29.4 Å². The molecule has 2 aliphatic rings. The van der Waals surface area contributed by atoms with Crippen LogP contribution in [0.15, 0.2) is 29.3 Å². The Morgan fingerprint density at radius 3 is 2.81 bits per heavy atom. The molecule has 3 nitrogen and oxygen atoms in total. The van der Waals surface area contributed by atoms with Crippen molar-refractivity contribution in [1.29, 1.82) is 0 Å². The van der Waals surface area contributed by atoms with Gasteiger partial charge < -0.3 is 10.6 Å². The number of guanidine groups is 1. The number of nitrogens with zero attached hydrogens (tertiary/aromatic N) is 2. The number of fused-ring (bicyclic) bond motifs is 1. The third-order valence-electron chi connectivity index (χ3n) is 4.89. The Balaban J connectivity index is 0.00000161. The molecule has 1 unspecified atom stereocenters. The molecule has 1 atom stereocenters. The van der Waals surface area contributed by atoms with E-state index in [9.17, 15) is 0 Å². The Kier molecular flexibility index (Phi) is 5.17. The highest BCUT2D eigenvalue weighted by Crippen LogP contribution is 2.37. The molecule has 1 aromatic carbocycles. The lowest BCUT2D eigenvalue weighted by atomic mass is 9.71. The minimum Gasteiger partial charge on any atom is -0.370 e. The lowest BCUT2D eigenvalue weighted by molar-refractivity contribution is 0.400. The summed E-state index contributed by atoms with van der Waals surface area (Å²) in [7, 11) is 2.06. The second-order valence-electron chi connectivity index (χ2n) is 6.59. The summed E-state index contributed by atoms with van der Waals surface area (Å²) in [6.07, 6.45) is 6.17. The number of rotatable bonds is 3. The van der Waals surface area contributed by atoms with Crippen molar-refractivity contribution in [3.05, 3.63) is 35.4 Å². The van der Waals surface area contributed by atoms with Crippen LogP contribution in [0.3, 0.4) is 0 Å². The Bertz CT molecular complexity index is 525. The highest BCUT2D eigenvalue weighted by molar-refractivity contribution is 14.0. The van der Waals surface area contributed by atoms with Crippen molar-refractivity contribution in [2.45, 2.75) is 50.5 Å². The van der Waals surface area contributed by atoms with Gasteiger partial charge in [0.05, 0.1) is 6.54 Å². The maximum absolute atomic E-state index is 6.13. The molecule has 1 fully saturated rings. The summed E-state index contributed by atoms with van der Waals surface area (Å²) in [6, 6.07) is 9.45. The number of aliphatic imine (C=N–C) groups is 1. The van der Waals surface area contributed by atoms with Gasteiger partial charge in [-0.2, -0.15) is 0 Å². The van der Waals surface area contributed by atoms with Gasteiger partial charge in [-0.25, -0.2) is 0 Å². The van der Waals surface area contributed by atoms with Crippen molar-refractivity contribution >= 4 is 29.9 Å². The van der Waals surface area contributed by atoms with Gasteiger partial charge in [-0.15, -0.1) is 24.0 Å². The molecule has 0 aromatic heterocycles. The monoisotopic (exact) mass is 399 g/mol. The average Bonchev–Trinajstić information content (AvgIpc) is 3.29. The summed E-state index contributed by atoms with van der Waals surface area (Å²) in [5.74, 6) is 0.705. The van der Waals surface area contributed by atoms with Gasteiger partial charge in [0.2, 0.25) is 0 Å². The minimum absolute atomic E-state index is 0. The van der Waals surface area contributed by atoms with E-state index in [0.717, 1.165) is 6.54 Å². The summed E-state index contributed by atoms with van der Waals surface area (Å²) < 4.78 is 0. The van der Waals surface area contributed by atoms with Crippen molar-refractivity contribution in [1.82, 2.24) is 4.90 Å². The van der Waals surface area contributed by atoms with Crippen LogP contribution >= 0.6 is 24.0 Å². The van der Waals surface area contributed by atoms with Crippen LogP contribution in [0.4, 0.5) is 0 Å². The maximum atomic E-state index is 6.13. The van der Waals surface area contributed by atoms with Crippen LogP contribution in [0, 0.1) is 0 Å². The van der Waals surface area contributed by atoms with E-state index in [1.165, 1.54) is 43.2 Å². The van der Waals surface area contributed by atoms with Gasteiger partial charge in [0.15, 0.2) is 5.96 Å². The molecule has 0 heterocycles. The molecule has 3 rings (SSSR count). The summed E-state index contributed by atoms with van der Waals surface area (Å²) >= 11 is 0. The first-order valence-corrected chi connectivity index (χ1v) is 7.71. The molecule has 0 spiro atoms. The first-order valence-electron chi connectivity index (χ1n) is 7.71. The van der Waals surface area contributed by atoms with E-state index in [1.807, 2.05) is 0 Å². The lowest BCUT2D eigenvalue weighted by Gasteiger charge is -2.35. The summed E-state index contributed by atoms with van der Waals surface area (Å²) in [6.45, 7) is 3.13. The largest absolute Gasteiger partial charge is 0.370 e. The summed E-state index contributed by atoms with van der Waals surface area (Å²) in [4.78, 5) is 6.84. The SMILES string of the molecule is CN(C(N)=NCC1(C)CCCc2ccccc21)C1CC1.I. The lowest BCUT2D eigenvalue weighted by Crippen LogP contribution is -2.38. The minimum atomic E-state index is 0. The fraction of sp³-hybridized carbons (Fsp3) is 0.588. The van der Waals surface area contributed by atoms with Crippen molar-refractivity contribution in [2.24, 2.45) is 10.7 Å². The van der Waals surface area contributed by atoms with Gasteiger partial charge in [0.25, 0.3) is 0 Å². The standard InChI is InChI=1S/C17H25N3.HI/c1-17(12-19-16(18)20(2)14-9-10-14)11-5-7-13-6-3-4-8-15(13)17;/h3-4,6,8,14H,5,7,9-12H2,1-2H3,(H2,18,19);1H. The predicted octanol–water partition coefficient (Wildman–Crippen LogP) is 3.31. The van der Waals surface area contributed by atoms with Gasteiger partial charge in [-0.05, 0) is 43.2 Å². The predicted molar refractivity (Wildman–Crippen MR) is 99.4 cm³/mol. The number of nitrogens with two attached hydrogens (primary N) is 1. The molecule has 1 saturated carbocycles. The van der Waals surface area contributed by atoms with E-state index >= 15 is 0 Å². The van der Waals surface area contributed by atoms with Crippen molar-refractivity contribution in [3.63, 3.8) is 0 Å². The number of benzene rings is 1. The van der Waals surface area contributed by atoms with Crippen LogP contribution < -0.4 is 5.73 Å². The molecule has 0 bridgehead atoms. The molecule has 0 amide bonds. The molecule has 4 heteroatoms. The molecular formula is C17H26IN3. The Hall–Kier alpha value is -0.780. The first-order chi connectivity index (χ1) is 9.60. The van der Waals surface area contributed by atoms with E-state index < -0.39 is 0 Å². The van der Waals surface area contributed by atoms with Gasteiger partial charge in [0.1, 0.15) is 0 Å². The molecule has 116 valence electrons. The maximum Gasteiger partial charge on any atom is 0.191 e. The highest BCUT2D eigenvalue weighted by Gasteiger charge is 2.32. The molecule has 2 N–H and O–H groups in total. The van der Waals surface area contributed by atoms with Crippen LogP contribution in [-0.2, 0) is 11.8 Å². The zero-order chi connectivity index (χ0) is 14.2. The topological polar surface area (TPSA) is 41.6 Å². The van der Waals surface area contributed by atoms with E-state index in [0.29, 0.717) is 12.0 Å². The highest BCUT2D eigenvalue weighted by atomic mass is 127. The second-order valence-corrected chi connectivity index (χ2v) is 6.59. The zero-order valence-electron chi connectivity index (χ0n) is 13.0. The van der Waals surface area contributed by atoms with E-state index in [4.69, 9.17) is 10.7 Å². The Morgan fingerprint density at radius 1 is 1.38 bits per heavy atom. The third kappa shape index (κ3) is 3.52. The van der Waals surface area contributed by atoms with Crippen molar-refractivity contribution < 1.29 is 0 Å². The molecule has 21 heavy (non-hydrogen) atoms. The van der Waals surface area contributed by atoms with E-state index in [2.05, 4.69) is 43.1 Å². The van der Waals surface area contributed by atoms with Crippen LogP contribution in [-0.4, -0.2) is 30.5 Å². The van der Waals surface area contributed by atoms with Crippen molar-refractivity contribution in [2.75, 3.05) is 13.6 Å². The molecule has 0 aliphatic heterocycles. The molecular weight excluding hydrogens is 373 g/mol. The zero-order valence-corrected chi connectivity index (χ0v) is 15.3. The average molecular weight is 399 g/mol. The number of hydrogen-bond donors (Lipinski definition) is 1. The smallest absolute Gasteiger partial charge is 0.191 e. The van der Waals surface area contributed by atoms with Gasteiger partial charge in [0, 0.05) is 18.5 Å². The third-order valence-corrected chi connectivity index (χ3v) is 4.89. The molecule has 1 aromatic rings. The molecule has 0 saturated heterocycles. The van der Waals surface area contributed by atoms with Gasteiger partial charge >= 0.3 is 0 Å².